The van der Waals surface area contributed by atoms with Gasteiger partial charge in [-0.1, -0.05) is 45.9 Å². The van der Waals surface area contributed by atoms with Crippen molar-refractivity contribution in [1.82, 2.24) is 4.98 Å². The standard InChI is InChI=1S/C9H9N.2C2H6.H2/c1-7-6-10-9-5-3-2-4-8(7)9;2*1-2;/h2-6,10H,1H3;2*1-2H3;1H. The van der Waals surface area contributed by atoms with Crippen LogP contribution in [0, 0.1) is 6.92 Å². The summed E-state index contributed by atoms with van der Waals surface area (Å²) < 4.78 is 0. The molecule has 0 aliphatic carbocycles. The molecule has 0 spiro atoms. The average molecular weight is 193 g/mol. The monoisotopic (exact) mass is 193 g/mol. The van der Waals surface area contributed by atoms with Crippen LogP contribution in [0.5, 0.6) is 0 Å². The van der Waals surface area contributed by atoms with E-state index >= 15 is 0 Å². The Morgan fingerprint density at radius 1 is 1.00 bits per heavy atom. The van der Waals surface area contributed by atoms with Crippen LogP contribution in [-0.2, 0) is 0 Å². The maximum Gasteiger partial charge on any atom is 0.0456 e. The summed E-state index contributed by atoms with van der Waals surface area (Å²) in [5, 5.41) is 1.32. The van der Waals surface area contributed by atoms with Gasteiger partial charge in [-0.25, -0.2) is 0 Å². The summed E-state index contributed by atoms with van der Waals surface area (Å²) in [6.07, 6.45) is 2.03. The molecule has 0 radical (unpaired) electrons. The molecule has 1 N–H and O–H groups in total. The second kappa shape index (κ2) is 7.19. The van der Waals surface area contributed by atoms with E-state index in [1.807, 2.05) is 40.0 Å². The van der Waals surface area contributed by atoms with Crippen molar-refractivity contribution in [1.29, 1.82) is 0 Å². The first-order valence-corrected chi connectivity index (χ1v) is 5.40. The van der Waals surface area contributed by atoms with Crippen LogP contribution in [0.1, 0.15) is 34.7 Å². The number of aromatic nitrogens is 1. The number of rotatable bonds is 0. The molecule has 0 atom stereocenters. The van der Waals surface area contributed by atoms with E-state index in [-0.39, 0.29) is 1.43 Å². The molecule has 1 nitrogen and oxygen atoms in total. The molecule has 0 amide bonds. The number of nitrogens with one attached hydrogen (secondary N) is 1. The van der Waals surface area contributed by atoms with Gasteiger partial charge in [0.05, 0.1) is 0 Å². The fraction of sp³-hybridized carbons (Fsp3) is 0.385. The van der Waals surface area contributed by atoms with Gasteiger partial charge in [-0.05, 0) is 18.6 Å². The number of hydrogen-bond donors (Lipinski definition) is 1. The van der Waals surface area contributed by atoms with Crippen molar-refractivity contribution < 1.29 is 1.43 Å². The fourth-order valence-corrected chi connectivity index (χ4v) is 1.22. The predicted molar refractivity (Wildman–Crippen MR) is 67.8 cm³/mol. The van der Waals surface area contributed by atoms with Crippen LogP contribution in [0.25, 0.3) is 10.9 Å². The molecule has 0 saturated heterocycles. The van der Waals surface area contributed by atoms with Gasteiger partial charge in [0.25, 0.3) is 0 Å². The normalized spacial score (nSPS) is 8.36. The quantitative estimate of drug-likeness (QED) is 0.620. The highest BCUT2D eigenvalue weighted by Gasteiger charge is 1.94. The minimum atomic E-state index is 0. The van der Waals surface area contributed by atoms with Crippen LogP contribution in [0.2, 0.25) is 0 Å². The van der Waals surface area contributed by atoms with Crippen molar-refractivity contribution in [2.45, 2.75) is 34.6 Å². The van der Waals surface area contributed by atoms with Gasteiger partial charge >= 0.3 is 0 Å². The highest BCUT2D eigenvalue weighted by molar-refractivity contribution is 5.82. The van der Waals surface area contributed by atoms with Gasteiger partial charge in [0.1, 0.15) is 0 Å². The van der Waals surface area contributed by atoms with Gasteiger partial charge in [0, 0.05) is 18.5 Å². The first-order chi connectivity index (χ1) is 6.88. The summed E-state index contributed by atoms with van der Waals surface area (Å²) in [6, 6.07) is 8.31. The highest BCUT2D eigenvalue weighted by atomic mass is 14.7. The van der Waals surface area contributed by atoms with E-state index in [9.17, 15) is 0 Å². The van der Waals surface area contributed by atoms with Crippen LogP contribution >= 0.6 is 0 Å². The van der Waals surface area contributed by atoms with Crippen LogP contribution < -0.4 is 0 Å². The van der Waals surface area contributed by atoms with Gasteiger partial charge in [-0.3, -0.25) is 0 Å². The average Bonchev–Trinajstić information content (AvgIpc) is 2.67. The number of hydrogen-bond acceptors (Lipinski definition) is 0. The molecule has 1 aromatic carbocycles. The van der Waals surface area contributed by atoms with Gasteiger partial charge in [0.15, 0.2) is 0 Å². The lowest BCUT2D eigenvalue weighted by atomic mass is 10.2. The van der Waals surface area contributed by atoms with E-state index in [0.717, 1.165) is 0 Å². The lowest BCUT2D eigenvalue weighted by Crippen LogP contribution is -1.64. The molecule has 0 fully saturated rings. The molecule has 2 aromatic rings. The number of H-pyrrole nitrogens is 1. The number of fused-ring (bicyclic) bond motifs is 1. The largest absolute Gasteiger partial charge is 0.361 e. The van der Waals surface area contributed by atoms with Gasteiger partial charge in [-0.2, -0.15) is 0 Å². The Balaban J connectivity index is 0. The molecule has 0 saturated carbocycles. The fourth-order valence-electron chi connectivity index (χ4n) is 1.22. The summed E-state index contributed by atoms with van der Waals surface area (Å²) >= 11 is 0. The van der Waals surface area contributed by atoms with E-state index < -0.39 is 0 Å². The van der Waals surface area contributed by atoms with E-state index in [1.165, 1.54) is 16.5 Å². The van der Waals surface area contributed by atoms with Crippen molar-refractivity contribution in [3.05, 3.63) is 36.0 Å². The van der Waals surface area contributed by atoms with Crippen LogP contribution in [0.15, 0.2) is 30.5 Å². The van der Waals surface area contributed by atoms with Gasteiger partial charge in [0.2, 0.25) is 0 Å². The molecule has 80 valence electrons. The van der Waals surface area contributed by atoms with E-state index in [4.69, 9.17) is 0 Å². The number of para-hydroxylation sites is 1. The summed E-state index contributed by atoms with van der Waals surface area (Å²) in [6.45, 7) is 10.1. The third-order valence-corrected chi connectivity index (χ3v) is 1.80. The molecule has 1 heteroatoms. The van der Waals surface area contributed by atoms with Crippen molar-refractivity contribution >= 4 is 10.9 Å². The smallest absolute Gasteiger partial charge is 0.0456 e. The van der Waals surface area contributed by atoms with Crippen LogP contribution in [0.4, 0.5) is 0 Å². The second-order valence-corrected chi connectivity index (χ2v) is 2.52. The minimum Gasteiger partial charge on any atom is -0.361 e. The number of aromatic amines is 1. The van der Waals surface area contributed by atoms with Crippen molar-refractivity contribution in [2.24, 2.45) is 0 Å². The Hall–Kier alpha value is -1.24. The van der Waals surface area contributed by atoms with Crippen molar-refractivity contribution in [2.75, 3.05) is 0 Å². The van der Waals surface area contributed by atoms with E-state index in [0.29, 0.717) is 0 Å². The van der Waals surface area contributed by atoms with Crippen molar-refractivity contribution in [3.63, 3.8) is 0 Å². The first kappa shape index (κ1) is 12.8. The first-order valence-electron chi connectivity index (χ1n) is 5.40. The summed E-state index contributed by atoms with van der Waals surface area (Å²) in [4.78, 5) is 3.19. The molecule has 1 aromatic heterocycles. The zero-order valence-corrected chi connectivity index (χ0v) is 9.89. The summed E-state index contributed by atoms with van der Waals surface area (Å²) in [5.74, 6) is 0. The maximum atomic E-state index is 3.19. The van der Waals surface area contributed by atoms with Crippen LogP contribution in [-0.4, -0.2) is 4.98 Å². The zero-order valence-electron chi connectivity index (χ0n) is 9.89. The van der Waals surface area contributed by atoms with Crippen molar-refractivity contribution in [3.8, 4) is 0 Å². The summed E-state index contributed by atoms with van der Waals surface area (Å²) in [5.41, 5.74) is 2.54. The Kier molecular flexibility index (Phi) is 6.55. The van der Waals surface area contributed by atoms with Crippen LogP contribution in [0.3, 0.4) is 0 Å². The number of benzene rings is 1. The summed E-state index contributed by atoms with van der Waals surface area (Å²) in [7, 11) is 0. The Labute approximate surface area is 88.6 Å². The van der Waals surface area contributed by atoms with E-state index in [1.54, 1.807) is 0 Å². The predicted octanol–water partition coefficient (Wildman–Crippen LogP) is 4.77. The molecule has 0 bridgehead atoms. The highest BCUT2D eigenvalue weighted by Crippen LogP contribution is 2.15. The second-order valence-electron chi connectivity index (χ2n) is 2.52. The van der Waals surface area contributed by atoms with Gasteiger partial charge < -0.3 is 4.98 Å². The molecule has 1 heterocycles. The maximum absolute atomic E-state index is 3.19. The topological polar surface area (TPSA) is 15.8 Å². The minimum absolute atomic E-state index is 0. The SMILES string of the molecule is CC.CC.Cc1c[nH]c2ccccc12.[HH]. The molecule has 0 unspecified atom stereocenters. The Morgan fingerprint density at radius 3 is 2.14 bits per heavy atom. The Morgan fingerprint density at radius 2 is 1.57 bits per heavy atom. The van der Waals surface area contributed by atoms with Gasteiger partial charge in [-0.15, -0.1) is 0 Å². The lowest BCUT2D eigenvalue weighted by Gasteiger charge is -1.86. The third-order valence-electron chi connectivity index (χ3n) is 1.80. The number of aryl methyl sites for hydroxylation is 1. The Bertz CT molecular complexity index is 352. The molecule has 0 aliphatic heterocycles. The lowest BCUT2D eigenvalue weighted by molar-refractivity contribution is 1.43. The molecular weight excluding hydrogens is 170 g/mol. The molecule has 2 rings (SSSR count). The van der Waals surface area contributed by atoms with E-state index in [2.05, 4.69) is 30.1 Å². The molecule has 14 heavy (non-hydrogen) atoms. The molecule has 0 aliphatic rings. The third kappa shape index (κ3) is 2.91. The molecular formula is C13H23N. The zero-order chi connectivity index (χ0) is 11.0.